The fraction of sp³-hybridized carbons (Fsp3) is 0.632. The van der Waals surface area contributed by atoms with E-state index in [0.717, 1.165) is 36.9 Å². The molecule has 0 saturated carbocycles. The highest BCUT2D eigenvalue weighted by Crippen LogP contribution is 2.35. The monoisotopic (exact) mass is 477 g/mol. The number of piperidine rings is 1. The van der Waals surface area contributed by atoms with Crippen LogP contribution in [0.3, 0.4) is 0 Å². The van der Waals surface area contributed by atoms with Crippen LogP contribution in [0.4, 0.5) is 0 Å². The largest absolute Gasteiger partial charge is 0.496 e. The quantitative estimate of drug-likeness (QED) is 0.386. The molecule has 1 aromatic carbocycles. The van der Waals surface area contributed by atoms with Gasteiger partial charge in [-0.25, -0.2) is 4.99 Å². The number of rotatable bonds is 6. The van der Waals surface area contributed by atoms with Gasteiger partial charge >= 0.3 is 0 Å². The Kier molecular flexibility index (Phi) is 9.90. The Balaban J connectivity index is 0.00000338. The van der Waals surface area contributed by atoms with Gasteiger partial charge in [0.1, 0.15) is 5.75 Å². The molecule has 0 aromatic heterocycles. The fourth-order valence-corrected chi connectivity index (χ4v) is 3.18. The van der Waals surface area contributed by atoms with Crippen LogP contribution < -0.4 is 19.5 Å². The summed E-state index contributed by atoms with van der Waals surface area (Å²) in [5.41, 5.74) is 0.973. The maximum Gasteiger partial charge on any atom is 0.194 e. The lowest BCUT2D eigenvalue weighted by molar-refractivity contribution is 0.266. The Morgan fingerprint density at radius 1 is 1.15 bits per heavy atom. The van der Waals surface area contributed by atoms with E-state index in [1.54, 1.807) is 21.3 Å². The number of nitrogens with zero attached hydrogens (tertiary/aromatic N) is 2. The summed E-state index contributed by atoms with van der Waals surface area (Å²) < 4.78 is 16.3. The van der Waals surface area contributed by atoms with E-state index in [1.807, 2.05) is 12.1 Å². The molecule has 0 radical (unpaired) electrons. The zero-order valence-electron chi connectivity index (χ0n) is 16.5. The summed E-state index contributed by atoms with van der Waals surface area (Å²) in [6, 6.07) is 3.78. The Morgan fingerprint density at radius 2 is 1.81 bits per heavy atom. The molecule has 1 atom stereocenters. The van der Waals surface area contributed by atoms with Crippen LogP contribution in [-0.2, 0) is 6.54 Å². The van der Waals surface area contributed by atoms with E-state index in [4.69, 9.17) is 19.2 Å². The molecule has 7 heteroatoms. The second-order valence-corrected chi connectivity index (χ2v) is 6.38. The Labute approximate surface area is 174 Å². The van der Waals surface area contributed by atoms with Crippen molar-refractivity contribution in [3.8, 4) is 17.2 Å². The van der Waals surface area contributed by atoms with Crippen molar-refractivity contribution in [2.24, 2.45) is 10.9 Å². The van der Waals surface area contributed by atoms with Crippen molar-refractivity contribution in [1.82, 2.24) is 10.2 Å². The highest BCUT2D eigenvalue weighted by molar-refractivity contribution is 14.0. The van der Waals surface area contributed by atoms with Gasteiger partial charge in [-0.1, -0.05) is 6.92 Å². The van der Waals surface area contributed by atoms with Gasteiger partial charge in [-0.15, -0.1) is 24.0 Å². The van der Waals surface area contributed by atoms with Gasteiger partial charge in [0.2, 0.25) is 0 Å². The molecule has 1 heterocycles. The van der Waals surface area contributed by atoms with Crippen molar-refractivity contribution >= 4 is 29.9 Å². The van der Waals surface area contributed by atoms with Gasteiger partial charge < -0.3 is 24.4 Å². The minimum Gasteiger partial charge on any atom is -0.496 e. The van der Waals surface area contributed by atoms with Crippen LogP contribution in [0.1, 0.15) is 32.3 Å². The van der Waals surface area contributed by atoms with Crippen molar-refractivity contribution in [2.45, 2.75) is 33.2 Å². The highest BCUT2D eigenvalue weighted by Gasteiger charge is 2.19. The molecule has 1 aromatic rings. The number of hydrogen-bond donors (Lipinski definition) is 1. The van der Waals surface area contributed by atoms with Crippen molar-refractivity contribution in [3.63, 3.8) is 0 Å². The summed E-state index contributed by atoms with van der Waals surface area (Å²) in [5.74, 6) is 3.76. The molecule has 1 fully saturated rings. The van der Waals surface area contributed by atoms with E-state index in [2.05, 4.69) is 24.1 Å². The number of benzene rings is 1. The molecule has 1 aliphatic rings. The Hall–Kier alpha value is -1.38. The lowest BCUT2D eigenvalue weighted by atomic mass is 10.0. The van der Waals surface area contributed by atoms with E-state index < -0.39 is 0 Å². The average molecular weight is 477 g/mol. The Morgan fingerprint density at radius 3 is 2.38 bits per heavy atom. The summed E-state index contributed by atoms with van der Waals surface area (Å²) in [5, 5.41) is 3.41. The van der Waals surface area contributed by atoms with E-state index in [-0.39, 0.29) is 24.0 Å². The summed E-state index contributed by atoms with van der Waals surface area (Å²) in [4.78, 5) is 7.19. The first-order valence-corrected chi connectivity index (χ1v) is 8.95. The molecule has 0 spiro atoms. The second kappa shape index (κ2) is 11.4. The molecular weight excluding hydrogens is 445 g/mol. The van der Waals surface area contributed by atoms with Crippen molar-refractivity contribution < 1.29 is 14.2 Å². The SMILES string of the molecule is CCNC(=NCc1cc(OC)c(OC)cc1OC)N1CCCC(C)C1.I. The molecule has 26 heavy (non-hydrogen) atoms. The summed E-state index contributed by atoms with van der Waals surface area (Å²) in [6.45, 7) is 7.88. The van der Waals surface area contributed by atoms with Crippen LogP contribution in [0, 0.1) is 5.92 Å². The topological polar surface area (TPSA) is 55.3 Å². The van der Waals surface area contributed by atoms with Gasteiger partial charge in [0.15, 0.2) is 17.5 Å². The first-order valence-electron chi connectivity index (χ1n) is 8.95. The standard InChI is InChI=1S/C19H31N3O3.HI/c1-6-20-19(22-9-7-8-14(2)13-22)21-12-15-10-17(24-4)18(25-5)11-16(15)23-3;/h10-11,14H,6-9,12-13H2,1-5H3,(H,20,21);1H. The molecule has 0 bridgehead atoms. The summed E-state index contributed by atoms with van der Waals surface area (Å²) >= 11 is 0. The van der Waals surface area contributed by atoms with Crippen LogP contribution >= 0.6 is 24.0 Å². The number of nitrogens with one attached hydrogen (secondary N) is 1. The van der Waals surface area contributed by atoms with E-state index in [0.29, 0.717) is 24.0 Å². The van der Waals surface area contributed by atoms with Crippen LogP contribution in [0.25, 0.3) is 0 Å². The van der Waals surface area contributed by atoms with Gasteiger partial charge in [-0.2, -0.15) is 0 Å². The molecule has 6 nitrogen and oxygen atoms in total. The molecule has 1 saturated heterocycles. The number of hydrogen-bond acceptors (Lipinski definition) is 4. The lowest BCUT2D eigenvalue weighted by Crippen LogP contribution is -2.46. The van der Waals surface area contributed by atoms with Crippen molar-refractivity contribution in [1.29, 1.82) is 0 Å². The zero-order chi connectivity index (χ0) is 18.2. The molecule has 1 unspecified atom stereocenters. The molecule has 2 rings (SSSR count). The number of halogens is 1. The molecular formula is C19H32IN3O3. The second-order valence-electron chi connectivity index (χ2n) is 6.38. The molecule has 0 aliphatic carbocycles. The minimum absolute atomic E-state index is 0. The summed E-state index contributed by atoms with van der Waals surface area (Å²) in [6.07, 6.45) is 2.50. The van der Waals surface area contributed by atoms with Gasteiger partial charge in [-0.05, 0) is 31.7 Å². The van der Waals surface area contributed by atoms with Crippen molar-refractivity contribution in [3.05, 3.63) is 17.7 Å². The zero-order valence-corrected chi connectivity index (χ0v) is 18.8. The number of ether oxygens (including phenoxy) is 3. The number of guanidine groups is 1. The van der Waals surface area contributed by atoms with E-state index >= 15 is 0 Å². The van der Waals surface area contributed by atoms with Gasteiger partial charge in [0.05, 0.1) is 27.9 Å². The predicted octanol–water partition coefficient (Wildman–Crippen LogP) is 3.53. The lowest BCUT2D eigenvalue weighted by Gasteiger charge is -2.33. The maximum absolute atomic E-state index is 5.50. The molecule has 1 aliphatic heterocycles. The number of aliphatic imine (C=N–C) groups is 1. The normalized spacial score (nSPS) is 17.3. The van der Waals surface area contributed by atoms with Crippen molar-refractivity contribution in [2.75, 3.05) is 41.0 Å². The predicted molar refractivity (Wildman–Crippen MR) is 116 cm³/mol. The third-order valence-corrected chi connectivity index (χ3v) is 4.48. The Bertz CT molecular complexity index is 596. The third kappa shape index (κ3) is 5.82. The summed E-state index contributed by atoms with van der Waals surface area (Å²) in [7, 11) is 4.92. The van der Waals surface area contributed by atoms with Crippen LogP contribution in [0.2, 0.25) is 0 Å². The number of methoxy groups -OCH3 is 3. The molecule has 0 amide bonds. The average Bonchev–Trinajstić information content (AvgIpc) is 2.64. The first-order chi connectivity index (χ1) is 12.1. The maximum atomic E-state index is 5.50. The van der Waals surface area contributed by atoms with E-state index in [9.17, 15) is 0 Å². The molecule has 148 valence electrons. The van der Waals surface area contributed by atoms with Gasteiger partial charge in [-0.3, -0.25) is 0 Å². The molecule has 1 N–H and O–H groups in total. The van der Waals surface area contributed by atoms with Crippen LogP contribution in [0.5, 0.6) is 17.2 Å². The third-order valence-electron chi connectivity index (χ3n) is 4.48. The smallest absolute Gasteiger partial charge is 0.194 e. The first kappa shape index (κ1) is 22.7. The van der Waals surface area contributed by atoms with E-state index in [1.165, 1.54) is 12.8 Å². The highest BCUT2D eigenvalue weighted by atomic mass is 127. The fourth-order valence-electron chi connectivity index (χ4n) is 3.18. The van der Waals surface area contributed by atoms with Crippen LogP contribution in [-0.4, -0.2) is 51.8 Å². The minimum atomic E-state index is 0. The van der Waals surface area contributed by atoms with Gasteiger partial charge in [0, 0.05) is 31.3 Å². The van der Waals surface area contributed by atoms with Gasteiger partial charge in [0.25, 0.3) is 0 Å². The number of likely N-dealkylation sites (tertiary alicyclic amines) is 1. The van der Waals surface area contributed by atoms with Crippen LogP contribution in [0.15, 0.2) is 17.1 Å².